The summed E-state index contributed by atoms with van der Waals surface area (Å²) < 4.78 is 0. The molecule has 2 rings (SSSR count). The van der Waals surface area contributed by atoms with Crippen molar-refractivity contribution in [1.29, 1.82) is 0 Å². The van der Waals surface area contributed by atoms with Crippen LogP contribution in [0.3, 0.4) is 0 Å². The Kier molecular flexibility index (Phi) is 9.94. The highest BCUT2D eigenvalue weighted by Crippen LogP contribution is 2.29. The van der Waals surface area contributed by atoms with Crippen LogP contribution >= 0.6 is 0 Å². The zero-order valence-electron chi connectivity index (χ0n) is 19.6. The van der Waals surface area contributed by atoms with Crippen LogP contribution in [-0.2, 0) is 12.8 Å². The fourth-order valence-corrected chi connectivity index (χ4v) is 4.26. The molecular weight excluding hydrogens is 362 g/mol. The molecule has 0 radical (unpaired) electrons. The summed E-state index contributed by atoms with van der Waals surface area (Å²) in [7, 11) is 0. The Labute approximate surface area is 185 Å². The lowest BCUT2D eigenvalue weighted by Gasteiger charge is -2.18. The summed E-state index contributed by atoms with van der Waals surface area (Å²) in [6.07, 6.45) is 14.1. The highest BCUT2D eigenvalue weighted by atomic mass is 14.6. The Morgan fingerprint density at radius 1 is 1.03 bits per heavy atom. The Morgan fingerprint density at radius 3 is 2.47 bits per heavy atom. The Morgan fingerprint density at radius 2 is 1.83 bits per heavy atom. The van der Waals surface area contributed by atoms with Gasteiger partial charge in [-0.25, -0.2) is 0 Å². The van der Waals surface area contributed by atoms with Gasteiger partial charge in [0.1, 0.15) is 0 Å². The Bertz CT molecular complexity index is 843. The smallest absolute Gasteiger partial charge is 0.0349 e. The molecule has 1 heteroatoms. The molecule has 0 saturated carbocycles. The quantitative estimate of drug-likeness (QED) is 0.215. The Balaban J connectivity index is 2.02. The molecule has 0 saturated heterocycles. The molecule has 0 aliphatic carbocycles. The first-order chi connectivity index (χ1) is 14.5. The van der Waals surface area contributed by atoms with Gasteiger partial charge in [-0.3, -0.25) is 0 Å². The fraction of sp³-hybridized carbons (Fsp3) is 0.448. The van der Waals surface area contributed by atoms with Gasteiger partial charge in [-0.1, -0.05) is 75.1 Å². The van der Waals surface area contributed by atoms with Crippen molar-refractivity contribution in [1.82, 2.24) is 0 Å². The summed E-state index contributed by atoms with van der Waals surface area (Å²) in [4.78, 5) is 0. The second-order valence-electron chi connectivity index (χ2n) is 8.71. The Hall–Kier alpha value is -2.28. The third kappa shape index (κ3) is 7.20. The molecule has 30 heavy (non-hydrogen) atoms. The predicted molar refractivity (Wildman–Crippen MR) is 135 cm³/mol. The highest BCUT2D eigenvalue weighted by Gasteiger charge is 2.12. The van der Waals surface area contributed by atoms with Gasteiger partial charge in [0.25, 0.3) is 0 Å². The van der Waals surface area contributed by atoms with Gasteiger partial charge < -0.3 is 5.73 Å². The van der Waals surface area contributed by atoms with Crippen molar-refractivity contribution < 1.29 is 0 Å². The van der Waals surface area contributed by atoms with Crippen LogP contribution in [0, 0.1) is 19.8 Å². The number of benzene rings is 2. The maximum absolute atomic E-state index is 6.19. The van der Waals surface area contributed by atoms with E-state index in [-0.39, 0.29) is 0 Å². The second-order valence-corrected chi connectivity index (χ2v) is 8.71. The van der Waals surface area contributed by atoms with Crippen molar-refractivity contribution >= 4 is 11.3 Å². The molecule has 2 aromatic rings. The number of aryl methyl sites for hydroxylation is 4. The number of allylic oxidation sites excluding steroid dienone is 3. The summed E-state index contributed by atoms with van der Waals surface area (Å²) in [6, 6.07) is 13.3. The van der Waals surface area contributed by atoms with Crippen LogP contribution in [0.25, 0.3) is 5.57 Å². The SMILES string of the molecule is C=CC(CCCCCC)C/C(=C/C)c1ccc(CCc2ccc(C)cc2N)cc1C. The van der Waals surface area contributed by atoms with E-state index in [1.807, 2.05) is 0 Å². The third-order valence-corrected chi connectivity index (χ3v) is 6.21. The number of nitrogens with two attached hydrogens (primary N) is 1. The molecule has 0 aromatic heterocycles. The average Bonchev–Trinajstić information content (AvgIpc) is 2.73. The molecule has 0 aliphatic rings. The van der Waals surface area contributed by atoms with Crippen molar-refractivity contribution in [2.24, 2.45) is 5.92 Å². The number of unbranched alkanes of at least 4 members (excludes halogenated alkanes) is 3. The number of hydrogen-bond acceptors (Lipinski definition) is 1. The molecule has 2 aromatic carbocycles. The normalized spacial score (nSPS) is 12.7. The molecule has 1 atom stereocenters. The zero-order valence-corrected chi connectivity index (χ0v) is 19.6. The molecule has 0 spiro atoms. The summed E-state index contributed by atoms with van der Waals surface area (Å²) >= 11 is 0. The molecule has 0 amide bonds. The maximum Gasteiger partial charge on any atom is 0.0349 e. The molecule has 1 unspecified atom stereocenters. The van der Waals surface area contributed by atoms with Gasteiger partial charge in [0.15, 0.2) is 0 Å². The third-order valence-electron chi connectivity index (χ3n) is 6.21. The van der Waals surface area contributed by atoms with Crippen molar-refractivity contribution in [2.75, 3.05) is 5.73 Å². The van der Waals surface area contributed by atoms with Crippen LogP contribution in [0.15, 0.2) is 55.1 Å². The number of hydrogen-bond donors (Lipinski definition) is 1. The summed E-state index contributed by atoms with van der Waals surface area (Å²) in [6.45, 7) is 12.9. The highest BCUT2D eigenvalue weighted by molar-refractivity contribution is 5.68. The largest absolute Gasteiger partial charge is 0.398 e. The van der Waals surface area contributed by atoms with Crippen molar-refractivity contribution in [3.8, 4) is 0 Å². The molecule has 2 N–H and O–H groups in total. The van der Waals surface area contributed by atoms with E-state index < -0.39 is 0 Å². The van der Waals surface area contributed by atoms with E-state index in [9.17, 15) is 0 Å². The minimum absolute atomic E-state index is 0.566. The van der Waals surface area contributed by atoms with Gasteiger partial charge in [-0.05, 0) is 91.8 Å². The number of anilines is 1. The summed E-state index contributed by atoms with van der Waals surface area (Å²) in [5.41, 5.74) is 15.1. The molecule has 0 bridgehead atoms. The van der Waals surface area contributed by atoms with Crippen LogP contribution in [-0.4, -0.2) is 0 Å². The lowest BCUT2D eigenvalue weighted by molar-refractivity contribution is 0.539. The zero-order chi connectivity index (χ0) is 21.9. The van der Waals surface area contributed by atoms with E-state index in [2.05, 4.69) is 82.8 Å². The first kappa shape index (κ1) is 24.0. The minimum Gasteiger partial charge on any atom is -0.398 e. The van der Waals surface area contributed by atoms with Crippen LogP contribution in [0.4, 0.5) is 5.69 Å². The maximum atomic E-state index is 6.19. The van der Waals surface area contributed by atoms with E-state index >= 15 is 0 Å². The molecular formula is C29H41N. The first-order valence-corrected chi connectivity index (χ1v) is 11.7. The monoisotopic (exact) mass is 403 g/mol. The van der Waals surface area contributed by atoms with Gasteiger partial charge in [0.2, 0.25) is 0 Å². The van der Waals surface area contributed by atoms with Crippen molar-refractivity contribution in [2.45, 2.75) is 79.1 Å². The standard InChI is InChI=1S/C29H41N/c1-6-9-10-11-12-24(7-2)21-26(8-3)28-18-15-25(20-23(28)5)14-17-27-16-13-22(4)19-29(27)30/h7-8,13,15-16,18-20,24H,2,6,9-12,14,17,21,30H2,1,3-5H3/b26-8-. The first-order valence-electron chi connectivity index (χ1n) is 11.7. The molecule has 0 heterocycles. The average molecular weight is 404 g/mol. The van der Waals surface area contributed by atoms with E-state index in [1.54, 1.807) is 0 Å². The van der Waals surface area contributed by atoms with E-state index in [0.29, 0.717) is 5.92 Å². The molecule has 162 valence electrons. The van der Waals surface area contributed by atoms with Gasteiger partial charge in [0.05, 0.1) is 0 Å². The molecule has 1 nitrogen and oxygen atoms in total. The number of rotatable bonds is 12. The van der Waals surface area contributed by atoms with E-state index in [4.69, 9.17) is 5.73 Å². The van der Waals surface area contributed by atoms with Crippen molar-refractivity contribution in [3.05, 3.63) is 82.9 Å². The minimum atomic E-state index is 0.566. The van der Waals surface area contributed by atoms with Gasteiger partial charge in [-0.15, -0.1) is 6.58 Å². The van der Waals surface area contributed by atoms with Crippen LogP contribution in [0.2, 0.25) is 0 Å². The van der Waals surface area contributed by atoms with E-state index in [1.165, 1.54) is 65.5 Å². The lowest BCUT2D eigenvalue weighted by atomic mass is 9.87. The predicted octanol–water partition coefficient (Wildman–Crippen LogP) is 8.24. The fourth-order valence-electron chi connectivity index (χ4n) is 4.26. The molecule has 0 aliphatic heterocycles. The topological polar surface area (TPSA) is 26.0 Å². The van der Waals surface area contributed by atoms with Crippen LogP contribution < -0.4 is 5.73 Å². The van der Waals surface area contributed by atoms with E-state index in [0.717, 1.165) is 24.9 Å². The van der Waals surface area contributed by atoms with Crippen molar-refractivity contribution in [3.63, 3.8) is 0 Å². The summed E-state index contributed by atoms with van der Waals surface area (Å²) in [5.74, 6) is 0.566. The van der Waals surface area contributed by atoms with Gasteiger partial charge >= 0.3 is 0 Å². The lowest BCUT2D eigenvalue weighted by Crippen LogP contribution is -2.01. The summed E-state index contributed by atoms with van der Waals surface area (Å²) in [5, 5.41) is 0. The van der Waals surface area contributed by atoms with Crippen LogP contribution in [0.5, 0.6) is 0 Å². The number of nitrogen functional groups attached to an aromatic ring is 1. The second kappa shape index (κ2) is 12.4. The van der Waals surface area contributed by atoms with Gasteiger partial charge in [-0.2, -0.15) is 0 Å². The van der Waals surface area contributed by atoms with Crippen LogP contribution in [0.1, 0.15) is 80.2 Å². The van der Waals surface area contributed by atoms with Gasteiger partial charge in [0, 0.05) is 5.69 Å². The molecule has 0 fully saturated rings.